The molecule has 0 unspecified atom stereocenters. The lowest BCUT2D eigenvalue weighted by atomic mass is 9.84. The molecule has 262 valence electrons. The summed E-state index contributed by atoms with van der Waals surface area (Å²) in [5, 5.41) is 12.8. The Balaban J connectivity index is 1.40. The molecule has 1 heterocycles. The Hall–Kier alpha value is -4.67. The zero-order chi connectivity index (χ0) is 35.8. The van der Waals surface area contributed by atoms with Gasteiger partial charge in [0.05, 0.1) is 27.3 Å². The summed E-state index contributed by atoms with van der Waals surface area (Å²) in [7, 11) is -3.82. The number of aliphatic hydroxyl groups is 1. The van der Waals surface area contributed by atoms with Crippen LogP contribution in [0.4, 0.5) is 0 Å². The number of nitrogens with one attached hydrogen (secondary N) is 1. The van der Waals surface area contributed by atoms with E-state index in [0.717, 1.165) is 11.1 Å². The summed E-state index contributed by atoms with van der Waals surface area (Å²) in [6.07, 6.45) is -0.653. The minimum absolute atomic E-state index is 0.0195. The summed E-state index contributed by atoms with van der Waals surface area (Å²) in [4.78, 5) is 19.7. The average Bonchev–Trinajstić information content (AvgIpc) is 3.56. The van der Waals surface area contributed by atoms with Gasteiger partial charge in [0.25, 0.3) is 5.91 Å². The van der Waals surface area contributed by atoms with Crippen molar-refractivity contribution in [2.75, 3.05) is 19.0 Å². The number of sulfone groups is 1. The fraction of sp³-hybridized carbons (Fsp3) is 0.200. The van der Waals surface area contributed by atoms with Crippen LogP contribution in [0.15, 0.2) is 137 Å². The Morgan fingerprint density at radius 2 is 1.47 bits per heavy atom. The Kier molecular flexibility index (Phi) is 11.4. The van der Waals surface area contributed by atoms with Crippen molar-refractivity contribution in [3.63, 3.8) is 0 Å². The van der Waals surface area contributed by atoms with Gasteiger partial charge in [-0.1, -0.05) is 102 Å². The highest BCUT2D eigenvalue weighted by molar-refractivity contribution is 7.91. The fourth-order valence-corrected chi connectivity index (χ4v) is 7.58. The molecule has 0 aromatic heterocycles. The van der Waals surface area contributed by atoms with Gasteiger partial charge in [0.2, 0.25) is 5.90 Å². The molecule has 0 fully saturated rings. The molecule has 0 spiro atoms. The van der Waals surface area contributed by atoms with Crippen LogP contribution in [-0.2, 0) is 25.9 Å². The van der Waals surface area contributed by atoms with E-state index < -0.39 is 27.4 Å². The number of nitrogens with zero attached hydrogens (tertiary/aromatic N) is 1. The third kappa shape index (κ3) is 8.45. The number of amides is 1. The van der Waals surface area contributed by atoms with E-state index in [1.54, 1.807) is 60.7 Å². The van der Waals surface area contributed by atoms with Crippen molar-refractivity contribution in [2.24, 2.45) is 4.99 Å². The van der Waals surface area contributed by atoms with Crippen molar-refractivity contribution in [2.45, 2.75) is 35.9 Å². The number of carbonyl (C=O) groups is 1. The Morgan fingerprint density at radius 1 is 0.824 bits per heavy atom. The lowest BCUT2D eigenvalue weighted by molar-refractivity contribution is -0.129. The Morgan fingerprint density at radius 3 is 2.14 bits per heavy atom. The lowest BCUT2D eigenvalue weighted by Gasteiger charge is -2.31. The topological polar surface area (TPSA) is 114 Å². The number of aliphatic imine (C=N–C) groups is 1. The van der Waals surface area contributed by atoms with E-state index in [2.05, 4.69) is 5.32 Å². The molecule has 51 heavy (non-hydrogen) atoms. The summed E-state index contributed by atoms with van der Waals surface area (Å²) in [5.74, 6) is -0.0877. The van der Waals surface area contributed by atoms with Crippen LogP contribution in [0.25, 0.3) is 11.1 Å². The SMILES string of the molecule is O=C(NCc1ccc(Cl)c(Cl)c1)[C@]1(CCS(=O)(=O)c2ccccc2)N=C(c2ccc(OCCCO)cc2)O[C@@H]1c1ccc(-c2ccccc2)cc1. The van der Waals surface area contributed by atoms with Crippen LogP contribution in [0.1, 0.15) is 35.6 Å². The minimum atomic E-state index is -3.82. The summed E-state index contributed by atoms with van der Waals surface area (Å²) in [5.41, 5.74) is 2.25. The molecule has 0 radical (unpaired) electrons. The molecule has 8 nitrogen and oxygen atoms in total. The molecule has 11 heteroatoms. The van der Waals surface area contributed by atoms with Gasteiger partial charge in [-0.3, -0.25) is 4.79 Å². The van der Waals surface area contributed by atoms with Crippen molar-refractivity contribution in [3.05, 3.63) is 154 Å². The van der Waals surface area contributed by atoms with Gasteiger partial charge in [-0.05, 0) is 70.8 Å². The zero-order valence-electron chi connectivity index (χ0n) is 27.5. The normalized spacial score (nSPS) is 17.0. The van der Waals surface area contributed by atoms with Gasteiger partial charge in [-0.15, -0.1) is 0 Å². The largest absolute Gasteiger partial charge is 0.494 e. The smallest absolute Gasteiger partial charge is 0.252 e. The molecule has 0 saturated heterocycles. The standard InChI is InChI=1S/C40H36Cl2N2O6S/c41-35-21-12-28(26-36(35)42)27-43-39(46)40(22-25-51(47,48)34-10-5-2-6-11-34)37(31-15-13-30(14-16-31)29-8-3-1-4-9-29)50-38(44-40)32-17-19-33(20-18-32)49-24-7-23-45/h1-6,8-21,26,37,45H,7,22-25,27H2,(H,43,46)/t37-,40-/m1/s1. The van der Waals surface area contributed by atoms with E-state index in [9.17, 15) is 13.2 Å². The molecule has 1 aliphatic heterocycles. The highest BCUT2D eigenvalue weighted by Gasteiger charge is 2.53. The fourth-order valence-electron chi connectivity index (χ4n) is 5.87. The maximum absolute atomic E-state index is 14.6. The van der Waals surface area contributed by atoms with E-state index in [1.165, 1.54) is 12.1 Å². The van der Waals surface area contributed by atoms with Crippen molar-refractivity contribution >= 4 is 44.8 Å². The second-order valence-corrected chi connectivity index (χ2v) is 15.0. The number of hydrogen-bond donors (Lipinski definition) is 2. The molecule has 5 aromatic carbocycles. The predicted octanol–water partition coefficient (Wildman–Crippen LogP) is 7.86. The van der Waals surface area contributed by atoms with E-state index >= 15 is 0 Å². The van der Waals surface area contributed by atoms with Crippen molar-refractivity contribution in [3.8, 4) is 16.9 Å². The second-order valence-electron chi connectivity index (χ2n) is 12.1. The molecule has 0 saturated carbocycles. The molecule has 2 N–H and O–H groups in total. The summed E-state index contributed by atoms with van der Waals surface area (Å²) in [6.45, 7) is 0.464. The monoisotopic (exact) mass is 742 g/mol. The number of rotatable bonds is 14. The molecule has 2 atom stereocenters. The van der Waals surface area contributed by atoms with Crippen LogP contribution >= 0.6 is 23.2 Å². The van der Waals surface area contributed by atoms with Gasteiger partial charge in [0.1, 0.15) is 5.75 Å². The van der Waals surface area contributed by atoms with Crippen LogP contribution in [0.3, 0.4) is 0 Å². The first-order valence-electron chi connectivity index (χ1n) is 16.4. The first-order valence-corrected chi connectivity index (χ1v) is 18.9. The summed E-state index contributed by atoms with van der Waals surface area (Å²) < 4.78 is 39.6. The van der Waals surface area contributed by atoms with E-state index in [1.807, 2.05) is 54.6 Å². The van der Waals surface area contributed by atoms with E-state index in [4.69, 9.17) is 42.8 Å². The molecule has 1 aliphatic rings. The maximum atomic E-state index is 14.6. The molecule has 0 bridgehead atoms. The Labute approximate surface area is 307 Å². The summed E-state index contributed by atoms with van der Waals surface area (Å²) in [6, 6.07) is 37.8. The third-order valence-corrected chi connectivity index (χ3v) is 11.1. The highest BCUT2D eigenvalue weighted by Crippen LogP contribution is 2.43. The van der Waals surface area contributed by atoms with Gasteiger partial charge in [-0.2, -0.15) is 0 Å². The molecule has 6 rings (SSSR count). The van der Waals surface area contributed by atoms with Gasteiger partial charge in [0, 0.05) is 31.6 Å². The molecule has 1 amide bonds. The highest BCUT2D eigenvalue weighted by atomic mass is 35.5. The third-order valence-electron chi connectivity index (χ3n) is 8.64. The van der Waals surface area contributed by atoms with E-state index in [-0.39, 0.29) is 36.1 Å². The molecule has 0 aliphatic carbocycles. The van der Waals surface area contributed by atoms with Crippen molar-refractivity contribution in [1.82, 2.24) is 5.32 Å². The number of aliphatic hydroxyl groups excluding tert-OH is 1. The first kappa shape index (κ1) is 36.1. The average molecular weight is 744 g/mol. The van der Waals surface area contributed by atoms with Crippen LogP contribution in [0.2, 0.25) is 10.0 Å². The van der Waals surface area contributed by atoms with Crippen molar-refractivity contribution in [1.29, 1.82) is 0 Å². The number of benzene rings is 5. The predicted molar refractivity (Wildman–Crippen MR) is 200 cm³/mol. The van der Waals surface area contributed by atoms with Crippen LogP contribution in [0.5, 0.6) is 5.75 Å². The first-order chi connectivity index (χ1) is 24.7. The zero-order valence-corrected chi connectivity index (χ0v) is 29.9. The van der Waals surface area contributed by atoms with Crippen LogP contribution < -0.4 is 10.1 Å². The second kappa shape index (κ2) is 16.1. The maximum Gasteiger partial charge on any atom is 0.252 e. The van der Waals surface area contributed by atoms with Crippen molar-refractivity contribution < 1.29 is 27.8 Å². The molecular formula is C40H36Cl2N2O6S. The van der Waals surface area contributed by atoms with E-state index in [0.29, 0.717) is 45.5 Å². The molecular weight excluding hydrogens is 707 g/mol. The number of carbonyl (C=O) groups excluding carboxylic acids is 1. The van der Waals surface area contributed by atoms with Gasteiger partial charge in [0.15, 0.2) is 21.5 Å². The summed E-state index contributed by atoms with van der Waals surface area (Å²) >= 11 is 12.4. The molecule has 5 aromatic rings. The number of ether oxygens (including phenoxy) is 2. The quantitative estimate of drug-likeness (QED) is 0.112. The minimum Gasteiger partial charge on any atom is -0.494 e. The Bertz CT molecular complexity index is 2100. The van der Waals surface area contributed by atoms with Gasteiger partial charge < -0.3 is 19.9 Å². The van der Waals surface area contributed by atoms with Gasteiger partial charge >= 0.3 is 0 Å². The van der Waals surface area contributed by atoms with Crippen LogP contribution in [0, 0.1) is 0 Å². The number of halogens is 2. The number of hydrogen-bond acceptors (Lipinski definition) is 7. The van der Waals surface area contributed by atoms with Crippen LogP contribution in [-0.4, -0.2) is 49.8 Å². The lowest BCUT2D eigenvalue weighted by Crippen LogP contribution is -2.49. The van der Waals surface area contributed by atoms with Gasteiger partial charge in [-0.25, -0.2) is 13.4 Å².